The molecule has 0 bridgehead atoms. The van der Waals surface area contributed by atoms with Crippen molar-refractivity contribution in [2.75, 3.05) is 0 Å². The van der Waals surface area contributed by atoms with Gasteiger partial charge >= 0.3 is 23.9 Å². The first kappa shape index (κ1) is 22.6. The molecular formula is C18H11F6O4S-. The van der Waals surface area contributed by atoms with Gasteiger partial charge in [0.05, 0.1) is 5.56 Å². The molecule has 156 valence electrons. The van der Waals surface area contributed by atoms with Crippen LogP contribution in [0, 0.1) is 0 Å². The smallest absolute Gasteiger partial charge is 0.437 e. The number of halogens is 6. The number of aliphatic carboxylic acids is 1. The predicted octanol–water partition coefficient (Wildman–Crippen LogP) is 4.00. The number of benzene rings is 2. The van der Waals surface area contributed by atoms with Crippen molar-refractivity contribution in [2.24, 2.45) is 0 Å². The molecule has 0 fully saturated rings. The van der Waals surface area contributed by atoms with Crippen LogP contribution in [-0.4, -0.2) is 29.9 Å². The predicted molar refractivity (Wildman–Crippen MR) is 86.9 cm³/mol. The van der Waals surface area contributed by atoms with Crippen LogP contribution in [0.2, 0.25) is 0 Å². The first-order valence-corrected chi connectivity index (χ1v) is 8.57. The lowest BCUT2D eigenvalue weighted by atomic mass is 9.97. The molecule has 0 amide bonds. The maximum Gasteiger partial charge on any atom is 0.437 e. The molecule has 2 aromatic rings. The summed E-state index contributed by atoms with van der Waals surface area (Å²) in [4.78, 5) is 23.5. The van der Waals surface area contributed by atoms with Gasteiger partial charge in [-0.3, -0.25) is 0 Å². The van der Waals surface area contributed by atoms with Crippen molar-refractivity contribution >= 4 is 23.7 Å². The van der Waals surface area contributed by atoms with E-state index in [4.69, 9.17) is 0 Å². The van der Waals surface area contributed by atoms with Crippen molar-refractivity contribution in [1.82, 2.24) is 0 Å². The van der Waals surface area contributed by atoms with Crippen LogP contribution in [0.3, 0.4) is 0 Å². The Balaban J connectivity index is 2.46. The number of alkyl halides is 6. The lowest BCUT2D eigenvalue weighted by molar-refractivity contribution is -0.377. The summed E-state index contributed by atoms with van der Waals surface area (Å²) in [6.07, 6.45) is -15.1. The van der Waals surface area contributed by atoms with E-state index in [0.29, 0.717) is 4.90 Å². The molecule has 0 heterocycles. The summed E-state index contributed by atoms with van der Waals surface area (Å²) in [5, 5.41) is 10.6. The summed E-state index contributed by atoms with van der Waals surface area (Å²) in [5.41, 5.74) is -5.84. The minimum Gasteiger partial charge on any atom is -0.550 e. The average molecular weight is 437 g/mol. The highest BCUT2D eigenvalue weighted by Crippen LogP contribution is 2.48. The molecule has 0 saturated heterocycles. The molecule has 0 aliphatic heterocycles. The third-order valence-corrected chi connectivity index (χ3v) is 4.74. The SMILES string of the molecule is O=C([O-])CC(OC(=O)c1ccccc1Sc1ccccc1)(C(F)(F)F)C(F)(F)F. The summed E-state index contributed by atoms with van der Waals surface area (Å²) in [5.74, 6) is -4.65. The monoisotopic (exact) mass is 437 g/mol. The fourth-order valence-corrected chi connectivity index (χ4v) is 3.22. The van der Waals surface area contributed by atoms with Crippen molar-refractivity contribution < 1.29 is 45.8 Å². The zero-order valence-corrected chi connectivity index (χ0v) is 15.0. The second-order valence-corrected chi connectivity index (χ2v) is 6.79. The maximum absolute atomic E-state index is 13.3. The Bertz CT molecular complexity index is 866. The summed E-state index contributed by atoms with van der Waals surface area (Å²) in [7, 11) is 0. The number of hydrogen-bond acceptors (Lipinski definition) is 5. The Morgan fingerprint density at radius 2 is 1.38 bits per heavy atom. The van der Waals surface area contributed by atoms with E-state index in [0.717, 1.165) is 17.8 Å². The standard InChI is InChI=1S/C18H12F6O4S/c19-17(20,21)16(10-14(25)26,18(22,23)24)28-15(27)12-8-4-5-9-13(12)29-11-6-2-1-3-7-11/h1-9H,10H2,(H,25,26)/p-1. The lowest BCUT2D eigenvalue weighted by Crippen LogP contribution is -2.61. The van der Waals surface area contributed by atoms with E-state index in [-0.39, 0.29) is 4.90 Å². The van der Waals surface area contributed by atoms with Crippen LogP contribution in [0.1, 0.15) is 16.8 Å². The summed E-state index contributed by atoms with van der Waals surface area (Å²) in [6, 6.07) is 13.1. The summed E-state index contributed by atoms with van der Waals surface area (Å²) in [6.45, 7) is 0. The van der Waals surface area contributed by atoms with Gasteiger partial charge in [-0.25, -0.2) is 4.79 Å². The second-order valence-electron chi connectivity index (χ2n) is 5.67. The van der Waals surface area contributed by atoms with E-state index in [1.807, 2.05) is 0 Å². The molecular weight excluding hydrogens is 426 g/mol. The normalized spacial score (nSPS) is 12.5. The van der Waals surface area contributed by atoms with Gasteiger partial charge in [-0.05, 0) is 24.3 Å². The fourth-order valence-electron chi connectivity index (χ4n) is 2.27. The molecule has 0 aliphatic rings. The lowest BCUT2D eigenvalue weighted by Gasteiger charge is -2.36. The average Bonchev–Trinajstić information content (AvgIpc) is 2.60. The molecule has 0 spiro atoms. The Hall–Kier alpha value is -2.69. The van der Waals surface area contributed by atoms with E-state index >= 15 is 0 Å². The number of carbonyl (C=O) groups excluding carboxylic acids is 2. The molecule has 4 nitrogen and oxygen atoms in total. The largest absolute Gasteiger partial charge is 0.550 e. The molecule has 0 aliphatic carbocycles. The third kappa shape index (κ3) is 5.03. The Kier molecular flexibility index (Phi) is 6.51. The van der Waals surface area contributed by atoms with Gasteiger partial charge in [0, 0.05) is 22.2 Å². The first-order chi connectivity index (χ1) is 13.4. The van der Waals surface area contributed by atoms with Crippen LogP contribution < -0.4 is 5.11 Å². The fraction of sp³-hybridized carbons (Fsp3) is 0.222. The summed E-state index contributed by atoms with van der Waals surface area (Å²) >= 11 is 0.905. The first-order valence-electron chi connectivity index (χ1n) is 7.76. The number of carboxylic acids is 1. The van der Waals surface area contributed by atoms with Crippen LogP contribution in [0.15, 0.2) is 64.4 Å². The number of ether oxygens (including phenoxy) is 1. The van der Waals surface area contributed by atoms with Gasteiger partial charge in [-0.1, -0.05) is 42.1 Å². The van der Waals surface area contributed by atoms with Gasteiger partial charge in [0.25, 0.3) is 0 Å². The molecule has 2 aromatic carbocycles. The second kappa shape index (κ2) is 8.36. The van der Waals surface area contributed by atoms with E-state index in [9.17, 15) is 41.0 Å². The number of rotatable bonds is 6. The van der Waals surface area contributed by atoms with Gasteiger partial charge in [-0.15, -0.1) is 0 Å². The zero-order valence-electron chi connectivity index (χ0n) is 14.2. The maximum atomic E-state index is 13.3. The van der Waals surface area contributed by atoms with E-state index in [1.54, 1.807) is 30.3 Å². The van der Waals surface area contributed by atoms with Crippen LogP contribution in [0.5, 0.6) is 0 Å². The Labute approximate surface area is 164 Å². The van der Waals surface area contributed by atoms with Gasteiger partial charge in [0.15, 0.2) is 0 Å². The number of esters is 1. The van der Waals surface area contributed by atoms with E-state index in [1.165, 1.54) is 18.2 Å². The number of carboxylic acid groups (broad SMARTS) is 1. The number of carbonyl (C=O) groups is 2. The molecule has 0 saturated carbocycles. The molecule has 0 aromatic heterocycles. The van der Waals surface area contributed by atoms with Crippen molar-refractivity contribution in [3.05, 3.63) is 60.2 Å². The van der Waals surface area contributed by atoms with E-state index < -0.39 is 41.9 Å². The highest BCUT2D eigenvalue weighted by atomic mass is 32.2. The highest BCUT2D eigenvalue weighted by molar-refractivity contribution is 7.99. The van der Waals surface area contributed by atoms with E-state index in [2.05, 4.69) is 4.74 Å². The van der Waals surface area contributed by atoms with Crippen LogP contribution >= 0.6 is 11.8 Å². The topological polar surface area (TPSA) is 66.4 Å². The highest BCUT2D eigenvalue weighted by Gasteiger charge is 2.74. The quantitative estimate of drug-likeness (QED) is 0.505. The molecule has 0 atom stereocenters. The minimum absolute atomic E-state index is 0.0235. The molecule has 29 heavy (non-hydrogen) atoms. The van der Waals surface area contributed by atoms with Gasteiger partial charge in [0.1, 0.15) is 0 Å². The zero-order chi connectivity index (χ0) is 21.9. The van der Waals surface area contributed by atoms with Gasteiger partial charge < -0.3 is 14.6 Å². The molecule has 0 N–H and O–H groups in total. The van der Waals surface area contributed by atoms with Crippen molar-refractivity contribution in [2.45, 2.75) is 34.2 Å². The van der Waals surface area contributed by atoms with Crippen LogP contribution in [0.25, 0.3) is 0 Å². The molecule has 0 radical (unpaired) electrons. The summed E-state index contributed by atoms with van der Waals surface area (Å²) < 4.78 is 83.4. The van der Waals surface area contributed by atoms with Gasteiger partial charge in [-0.2, -0.15) is 26.3 Å². The van der Waals surface area contributed by atoms with Crippen molar-refractivity contribution in [3.63, 3.8) is 0 Å². The Morgan fingerprint density at radius 1 is 0.862 bits per heavy atom. The van der Waals surface area contributed by atoms with Gasteiger partial charge in [0.2, 0.25) is 0 Å². The van der Waals surface area contributed by atoms with Crippen molar-refractivity contribution in [1.29, 1.82) is 0 Å². The van der Waals surface area contributed by atoms with Crippen molar-refractivity contribution in [3.8, 4) is 0 Å². The Morgan fingerprint density at radius 3 is 1.90 bits per heavy atom. The molecule has 2 rings (SSSR count). The van der Waals surface area contributed by atoms with Crippen LogP contribution in [0.4, 0.5) is 26.3 Å². The molecule has 11 heteroatoms. The minimum atomic E-state index is -6.25. The number of hydrogen-bond donors (Lipinski definition) is 0. The third-order valence-electron chi connectivity index (χ3n) is 3.65. The molecule has 0 unspecified atom stereocenters. The van der Waals surface area contributed by atoms with Crippen LogP contribution in [-0.2, 0) is 9.53 Å².